The van der Waals surface area contributed by atoms with E-state index >= 15 is 0 Å². The van der Waals surface area contributed by atoms with E-state index in [1.165, 1.54) is 0 Å². The lowest BCUT2D eigenvalue weighted by atomic mass is 9.81. The maximum Gasteiger partial charge on any atom is 0.251 e. The van der Waals surface area contributed by atoms with Crippen molar-refractivity contribution in [2.45, 2.75) is 37.8 Å². The van der Waals surface area contributed by atoms with E-state index in [0.717, 1.165) is 47.4 Å². The first-order chi connectivity index (χ1) is 12.0. The molecular weight excluding hydrogens is 449 g/mol. The van der Waals surface area contributed by atoms with E-state index in [2.05, 4.69) is 27.9 Å². The monoisotopic (exact) mass is 473 g/mol. The fourth-order valence-electron chi connectivity index (χ4n) is 3.49. The van der Waals surface area contributed by atoms with Crippen molar-refractivity contribution in [3.05, 3.63) is 33.4 Å². The Morgan fingerprint density at radius 1 is 1.20 bits per heavy atom. The fourth-order valence-corrected chi connectivity index (χ4v) is 4.81. The van der Waals surface area contributed by atoms with Crippen molar-refractivity contribution in [3.8, 4) is 0 Å². The highest BCUT2D eigenvalue weighted by Crippen LogP contribution is 2.28. The van der Waals surface area contributed by atoms with Crippen molar-refractivity contribution in [1.29, 1.82) is 0 Å². The van der Waals surface area contributed by atoms with E-state index in [-0.39, 0.29) is 23.8 Å². The van der Waals surface area contributed by atoms with Crippen LogP contribution in [0.4, 0.5) is 0 Å². The molecule has 0 radical (unpaired) electrons. The lowest BCUT2D eigenvalue weighted by molar-refractivity contribution is -0.132. The maximum atomic E-state index is 12.4. The van der Waals surface area contributed by atoms with Gasteiger partial charge in [0, 0.05) is 27.5 Å². The topological polar surface area (TPSA) is 75.4 Å². The van der Waals surface area contributed by atoms with Crippen LogP contribution in [0.5, 0.6) is 0 Å². The molecule has 3 rings (SSSR count). The number of carbonyl (C=O) groups is 2. The minimum absolute atomic E-state index is 0.0192. The number of thioether (sulfide) groups is 1. The van der Waals surface area contributed by atoms with Gasteiger partial charge >= 0.3 is 0 Å². The molecule has 1 aromatic rings. The highest BCUT2D eigenvalue weighted by atomic mass is 127. The average Bonchev–Trinajstić information content (AvgIpc) is 3.16. The summed E-state index contributed by atoms with van der Waals surface area (Å²) in [6.07, 6.45) is 3.56. The third-order valence-corrected chi connectivity index (χ3v) is 6.76. The molecule has 0 aromatic heterocycles. The highest BCUT2D eigenvalue weighted by Gasteiger charge is 2.33. The van der Waals surface area contributed by atoms with Gasteiger partial charge in [-0.1, -0.05) is 0 Å². The smallest absolute Gasteiger partial charge is 0.251 e. The molecular formula is C18H24IN3O2S. The Labute approximate surface area is 166 Å². The number of carbonyl (C=O) groups excluding carboxylic acids is 2. The average molecular weight is 473 g/mol. The van der Waals surface area contributed by atoms with Gasteiger partial charge in [0.05, 0.1) is 11.9 Å². The van der Waals surface area contributed by atoms with Gasteiger partial charge in [0.25, 0.3) is 5.91 Å². The van der Waals surface area contributed by atoms with Crippen LogP contribution in [-0.4, -0.2) is 47.0 Å². The first kappa shape index (κ1) is 19.0. The van der Waals surface area contributed by atoms with Crippen LogP contribution >= 0.6 is 34.4 Å². The van der Waals surface area contributed by atoms with Crippen molar-refractivity contribution in [3.63, 3.8) is 0 Å². The number of nitrogens with zero attached hydrogens (tertiary/aromatic N) is 1. The predicted octanol–water partition coefficient (Wildman–Crippen LogP) is 2.44. The van der Waals surface area contributed by atoms with Gasteiger partial charge in [-0.15, -0.1) is 11.8 Å². The first-order valence-electron chi connectivity index (χ1n) is 8.73. The molecule has 0 bridgehead atoms. The van der Waals surface area contributed by atoms with Crippen molar-refractivity contribution in [1.82, 2.24) is 10.2 Å². The summed E-state index contributed by atoms with van der Waals surface area (Å²) in [5.41, 5.74) is 6.93. The molecule has 0 unspecified atom stereocenters. The fraction of sp³-hybridized carbons (Fsp3) is 0.556. The Morgan fingerprint density at radius 3 is 2.48 bits per heavy atom. The summed E-state index contributed by atoms with van der Waals surface area (Å²) >= 11 is 4.01. The zero-order valence-corrected chi connectivity index (χ0v) is 17.1. The van der Waals surface area contributed by atoms with E-state index in [4.69, 9.17) is 5.73 Å². The van der Waals surface area contributed by atoms with E-state index in [9.17, 15) is 9.59 Å². The molecule has 3 N–H and O–H groups in total. The summed E-state index contributed by atoms with van der Waals surface area (Å²) in [6.45, 7) is 0.818. The summed E-state index contributed by atoms with van der Waals surface area (Å²) in [5.74, 6) is 2.08. The second-order valence-electron chi connectivity index (χ2n) is 6.76. The molecule has 7 heteroatoms. The standard InChI is InChI=1S/C18H24IN3O2S/c19-14-5-1-13(2-6-14)17(23)21-15-7-3-12(4-8-15)16(20)18(24)22-9-10-25-11-22/h1-2,5-6,12,15-16H,3-4,7-11,20H2,(H,21,23)/t12?,15?,16-/m0/s1. The summed E-state index contributed by atoms with van der Waals surface area (Å²) in [7, 11) is 0. The van der Waals surface area contributed by atoms with Crippen LogP contribution in [0.3, 0.4) is 0 Å². The number of hydrogen-bond donors (Lipinski definition) is 2. The molecule has 1 aliphatic carbocycles. The lowest BCUT2D eigenvalue weighted by Gasteiger charge is -2.33. The molecule has 1 aliphatic heterocycles. The van der Waals surface area contributed by atoms with Gasteiger partial charge in [-0.05, 0) is 78.5 Å². The second kappa shape index (κ2) is 8.73. The van der Waals surface area contributed by atoms with Crippen molar-refractivity contribution >= 4 is 46.2 Å². The van der Waals surface area contributed by atoms with Crippen LogP contribution in [-0.2, 0) is 4.79 Å². The van der Waals surface area contributed by atoms with E-state index < -0.39 is 6.04 Å². The molecule has 25 heavy (non-hydrogen) atoms. The molecule has 1 heterocycles. The van der Waals surface area contributed by atoms with Crippen LogP contribution in [0.1, 0.15) is 36.0 Å². The van der Waals surface area contributed by atoms with Crippen LogP contribution < -0.4 is 11.1 Å². The highest BCUT2D eigenvalue weighted by molar-refractivity contribution is 14.1. The largest absolute Gasteiger partial charge is 0.349 e. The van der Waals surface area contributed by atoms with Crippen LogP contribution in [0.15, 0.2) is 24.3 Å². The van der Waals surface area contributed by atoms with Crippen molar-refractivity contribution in [2.75, 3.05) is 18.2 Å². The molecule has 1 saturated carbocycles. The molecule has 1 atom stereocenters. The zero-order valence-electron chi connectivity index (χ0n) is 14.1. The number of benzene rings is 1. The van der Waals surface area contributed by atoms with E-state index in [1.807, 2.05) is 29.2 Å². The number of hydrogen-bond acceptors (Lipinski definition) is 4. The van der Waals surface area contributed by atoms with Crippen molar-refractivity contribution in [2.24, 2.45) is 11.7 Å². The summed E-state index contributed by atoms with van der Waals surface area (Å²) < 4.78 is 1.12. The van der Waals surface area contributed by atoms with Gasteiger partial charge in [0.2, 0.25) is 5.91 Å². The molecule has 2 fully saturated rings. The Kier molecular flexibility index (Phi) is 6.62. The predicted molar refractivity (Wildman–Crippen MR) is 109 cm³/mol. The summed E-state index contributed by atoms with van der Waals surface area (Å²) in [5, 5.41) is 3.12. The molecule has 1 saturated heterocycles. The molecule has 136 valence electrons. The van der Waals surface area contributed by atoms with Gasteiger partial charge in [0.15, 0.2) is 0 Å². The van der Waals surface area contributed by atoms with E-state index in [0.29, 0.717) is 5.56 Å². The third-order valence-electron chi connectivity index (χ3n) is 5.07. The number of rotatable bonds is 4. The lowest BCUT2D eigenvalue weighted by Crippen LogP contribution is -2.49. The number of nitrogens with one attached hydrogen (secondary N) is 1. The Morgan fingerprint density at radius 2 is 1.88 bits per heavy atom. The molecule has 1 aromatic carbocycles. The van der Waals surface area contributed by atoms with Gasteiger partial charge in [-0.2, -0.15) is 0 Å². The minimum Gasteiger partial charge on any atom is -0.349 e. The molecule has 5 nitrogen and oxygen atoms in total. The zero-order chi connectivity index (χ0) is 17.8. The SMILES string of the molecule is N[C@H](C(=O)N1CCSC1)C1CCC(NC(=O)c2ccc(I)cc2)CC1. The number of halogens is 1. The normalized spacial score (nSPS) is 24.8. The first-order valence-corrected chi connectivity index (χ1v) is 11.0. The van der Waals surface area contributed by atoms with Gasteiger partial charge in [-0.3, -0.25) is 9.59 Å². The van der Waals surface area contributed by atoms with Crippen LogP contribution in [0.2, 0.25) is 0 Å². The Hall–Kier alpha value is -0.800. The van der Waals surface area contributed by atoms with Gasteiger partial charge in [0.1, 0.15) is 0 Å². The third kappa shape index (κ3) is 4.89. The summed E-state index contributed by atoms with van der Waals surface area (Å²) in [4.78, 5) is 26.6. The van der Waals surface area contributed by atoms with Crippen LogP contribution in [0.25, 0.3) is 0 Å². The minimum atomic E-state index is -0.397. The van der Waals surface area contributed by atoms with Gasteiger partial charge in [-0.25, -0.2) is 0 Å². The molecule has 2 amide bonds. The van der Waals surface area contributed by atoms with Crippen LogP contribution in [0, 0.1) is 9.49 Å². The quantitative estimate of drug-likeness (QED) is 0.659. The molecule has 0 spiro atoms. The Bertz CT molecular complexity index is 611. The van der Waals surface area contributed by atoms with Crippen molar-refractivity contribution < 1.29 is 9.59 Å². The maximum absolute atomic E-state index is 12.4. The summed E-state index contributed by atoms with van der Waals surface area (Å²) in [6, 6.07) is 7.36. The Balaban J connectivity index is 1.47. The second-order valence-corrected chi connectivity index (χ2v) is 9.08. The number of amides is 2. The van der Waals surface area contributed by atoms with E-state index in [1.54, 1.807) is 11.8 Å². The number of nitrogens with two attached hydrogens (primary N) is 1. The van der Waals surface area contributed by atoms with Gasteiger partial charge < -0.3 is 16.0 Å². The molecule has 2 aliphatic rings.